The van der Waals surface area contributed by atoms with Crippen LogP contribution in [0.2, 0.25) is 0 Å². The van der Waals surface area contributed by atoms with Gasteiger partial charge in [-0.05, 0) is 12.2 Å². The predicted molar refractivity (Wildman–Crippen MR) is 47.1 cm³/mol. The minimum absolute atomic E-state index is 0.348. The fourth-order valence-corrected chi connectivity index (χ4v) is 1.12. The van der Waals surface area contributed by atoms with Gasteiger partial charge in [-0.3, -0.25) is 9.79 Å². The second-order valence-corrected chi connectivity index (χ2v) is 2.70. The molecule has 12 heavy (non-hydrogen) atoms. The number of amides is 1. The molecule has 1 unspecified atom stereocenters. The lowest BCUT2D eigenvalue weighted by Crippen LogP contribution is -2.24. The van der Waals surface area contributed by atoms with Gasteiger partial charge in [-0.25, -0.2) is 9.98 Å². The number of nitrogens with zero attached hydrogens (tertiary/aromatic N) is 3. The van der Waals surface area contributed by atoms with Gasteiger partial charge in [0.25, 0.3) is 5.91 Å². The van der Waals surface area contributed by atoms with Gasteiger partial charge in [0.1, 0.15) is 5.17 Å². The van der Waals surface area contributed by atoms with Crippen molar-refractivity contribution >= 4 is 34.6 Å². The third kappa shape index (κ3) is 1.21. The minimum atomic E-state index is -0.416. The van der Waals surface area contributed by atoms with Crippen LogP contribution < -0.4 is 0 Å². The molecule has 4 nitrogen and oxygen atoms in total. The number of dihydropyridines is 1. The second kappa shape index (κ2) is 2.64. The van der Waals surface area contributed by atoms with E-state index in [1.807, 2.05) is 0 Å². The Balaban J connectivity index is 2.38. The van der Waals surface area contributed by atoms with E-state index < -0.39 is 6.17 Å². The lowest BCUT2D eigenvalue weighted by Gasteiger charge is -2.13. The zero-order valence-electron chi connectivity index (χ0n) is 5.94. The zero-order chi connectivity index (χ0) is 8.55. The standard InChI is InChI=1S/C7H4ClN3O/c8-5-2-1-4-7(11-5)9-3-6(12)10-4/h1-3,7H. The topological polar surface area (TPSA) is 54.1 Å². The summed E-state index contributed by atoms with van der Waals surface area (Å²) in [5, 5.41) is 0.380. The van der Waals surface area contributed by atoms with Gasteiger partial charge < -0.3 is 0 Å². The Morgan fingerprint density at radius 3 is 3.08 bits per heavy atom. The summed E-state index contributed by atoms with van der Waals surface area (Å²) in [6, 6.07) is 0. The predicted octanol–water partition coefficient (Wildman–Crippen LogP) is 0.572. The van der Waals surface area contributed by atoms with Gasteiger partial charge in [0.05, 0.1) is 11.9 Å². The molecule has 0 N–H and O–H groups in total. The van der Waals surface area contributed by atoms with Crippen molar-refractivity contribution in [2.24, 2.45) is 15.0 Å². The highest BCUT2D eigenvalue weighted by Crippen LogP contribution is 2.10. The number of aliphatic imine (C=N–C) groups is 3. The minimum Gasteiger partial charge on any atom is -0.266 e. The van der Waals surface area contributed by atoms with Gasteiger partial charge in [0, 0.05) is 0 Å². The Kier molecular flexibility index (Phi) is 1.62. The number of hydrogen-bond acceptors (Lipinski definition) is 3. The van der Waals surface area contributed by atoms with E-state index in [0.29, 0.717) is 10.9 Å². The average molecular weight is 182 g/mol. The van der Waals surface area contributed by atoms with Crippen molar-refractivity contribution in [1.29, 1.82) is 0 Å². The Morgan fingerprint density at radius 2 is 2.25 bits per heavy atom. The molecule has 1 amide bonds. The largest absolute Gasteiger partial charge is 0.288 e. The zero-order valence-corrected chi connectivity index (χ0v) is 6.69. The van der Waals surface area contributed by atoms with E-state index in [-0.39, 0.29) is 5.91 Å². The summed E-state index contributed by atoms with van der Waals surface area (Å²) in [5.74, 6) is -0.348. The Morgan fingerprint density at radius 1 is 1.42 bits per heavy atom. The van der Waals surface area contributed by atoms with Gasteiger partial charge in [0.2, 0.25) is 0 Å². The maximum absolute atomic E-state index is 10.7. The smallest absolute Gasteiger partial charge is 0.266 e. The van der Waals surface area contributed by atoms with Crippen molar-refractivity contribution in [3.8, 4) is 0 Å². The summed E-state index contributed by atoms with van der Waals surface area (Å²) >= 11 is 5.62. The van der Waals surface area contributed by atoms with Crippen LogP contribution in [0.4, 0.5) is 0 Å². The van der Waals surface area contributed by atoms with Crippen LogP contribution >= 0.6 is 11.6 Å². The number of hydrogen-bond donors (Lipinski definition) is 0. The number of rotatable bonds is 0. The van der Waals surface area contributed by atoms with E-state index in [2.05, 4.69) is 15.0 Å². The summed E-state index contributed by atoms with van der Waals surface area (Å²) in [4.78, 5) is 22.3. The molecule has 0 bridgehead atoms. The first-order valence-corrected chi connectivity index (χ1v) is 3.70. The quantitative estimate of drug-likeness (QED) is 0.539. The maximum Gasteiger partial charge on any atom is 0.288 e. The van der Waals surface area contributed by atoms with Crippen molar-refractivity contribution in [3.63, 3.8) is 0 Å². The Labute approximate surface area is 73.4 Å². The third-order valence-corrected chi connectivity index (χ3v) is 1.69. The van der Waals surface area contributed by atoms with E-state index in [9.17, 15) is 4.79 Å². The van der Waals surface area contributed by atoms with Gasteiger partial charge in [0.15, 0.2) is 6.17 Å². The summed E-state index contributed by atoms with van der Waals surface area (Å²) < 4.78 is 0. The highest BCUT2D eigenvalue weighted by molar-refractivity contribution is 6.69. The molecule has 0 saturated carbocycles. The SMILES string of the molecule is O=C1C=NC2N=C(Cl)C=CC2=N1. The molecule has 0 aromatic rings. The van der Waals surface area contributed by atoms with E-state index in [0.717, 1.165) is 6.21 Å². The summed E-state index contributed by atoms with van der Waals surface area (Å²) in [7, 11) is 0. The number of carbonyl (C=O) groups is 1. The number of fused-ring (bicyclic) bond motifs is 1. The van der Waals surface area contributed by atoms with Crippen LogP contribution in [0.25, 0.3) is 0 Å². The first-order chi connectivity index (χ1) is 5.75. The van der Waals surface area contributed by atoms with Crippen molar-refractivity contribution in [2.45, 2.75) is 6.17 Å². The van der Waals surface area contributed by atoms with Gasteiger partial charge in [-0.2, -0.15) is 0 Å². The van der Waals surface area contributed by atoms with Crippen LogP contribution in [0.3, 0.4) is 0 Å². The van der Waals surface area contributed by atoms with Crippen LogP contribution in [0.5, 0.6) is 0 Å². The molecule has 2 aliphatic rings. The van der Waals surface area contributed by atoms with Crippen molar-refractivity contribution in [1.82, 2.24) is 0 Å². The molecule has 5 heteroatoms. The molecule has 60 valence electrons. The summed E-state index contributed by atoms with van der Waals surface area (Å²) in [6.07, 6.45) is 3.97. The normalized spacial score (nSPS) is 26.4. The van der Waals surface area contributed by atoms with Crippen molar-refractivity contribution in [3.05, 3.63) is 12.2 Å². The van der Waals surface area contributed by atoms with Crippen molar-refractivity contribution in [2.75, 3.05) is 0 Å². The van der Waals surface area contributed by atoms with Gasteiger partial charge in [-0.1, -0.05) is 11.6 Å². The van der Waals surface area contributed by atoms with Crippen LogP contribution in [0, 0.1) is 0 Å². The molecule has 2 aliphatic heterocycles. The maximum atomic E-state index is 10.7. The molecular weight excluding hydrogens is 178 g/mol. The summed E-state index contributed by atoms with van der Waals surface area (Å²) in [6.45, 7) is 0. The fourth-order valence-electron chi connectivity index (χ4n) is 0.961. The van der Waals surface area contributed by atoms with Crippen molar-refractivity contribution < 1.29 is 4.79 Å². The first-order valence-electron chi connectivity index (χ1n) is 3.33. The Bertz CT molecular complexity index is 354. The summed E-state index contributed by atoms with van der Waals surface area (Å²) in [5.41, 5.74) is 0.548. The molecule has 2 heterocycles. The monoisotopic (exact) mass is 181 g/mol. The van der Waals surface area contributed by atoms with Crippen LogP contribution in [0.15, 0.2) is 27.1 Å². The molecule has 0 aliphatic carbocycles. The molecule has 0 fully saturated rings. The van der Waals surface area contributed by atoms with Crippen LogP contribution in [-0.2, 0) is 4.79 Å². The van der Waals surface area contributed by atoms with E-state index in [1.165, 1.54) is 0 Å². The number of carbonyl (C=O) groups excluding carboxylic acids is 1. The van der Waals surface area contributed by atoms with E-state index >= 15 is 0 Å². The first kappa shape index (κ1) is 7.36. The lowest BCUT2D eigenvalue weighted by molar-refractivity contribution is -0.111. The highest BCUT2D eigenvalue weighted by Gasteiger charge is 2.19. The molecule has 1 atom stereocenters. The molecule has 0 saturated heterocycles. The molecule has 0 radical (unpaired) electrons. The lowest BCUT2D eigenvalue weighted by atomic mass is 10.2. The Hall–Kier alpha value is -1.29. The van der Waals surface area contributed by atoms with E-state index in [4.69, 9.17) is 11.6 Å². The average Bonchev–Trinajstić information content (AvgIpc) is 2.05. The molecule has 0 aromatic carbocycles. The molecule has 2 rings (SSSR count). The van der Waals surface area contributed by atoms with Crippen LogP contribution in [0.1, 0.15) is 0 Å². The highest BCUT2D eigenvalue weighted by atomic mass is 35.5. The molecule has 0 spiro atoms. The number of halogens is 1. The second-order valence-electron chi connectivity index (χ2n) is 2.31. The molecule has 0 aromatic heterocycles. The van der Waals surface area contributed by atoms with E-state index in [1.54, 1.807) is 12.2 Å². The fraction of sp³-hybridized carbons (Fsp3) is 0.143. The number of allylic oxidation sites excluding steroid dienone is 1. The molecular formula is C7H4ClN3O. The van der Waals surface area contributed by atoms with Crippen LogP contribution in [-0.4, -0.2) is 29.2 Å². The third-order valence-electron chi connectivity index (χ3n) is 1.47. The van der Waals surface area contributed by atoms with Gasteiger partial charge >= 0.3 is 0 Å². The van der Waals surface area contributed by atoms with Gasteiger partial charge in [-0.15, -0.1) is 0 Å².